The lowest BCUT2D eigenvalue weighted by Gasteiger charge is -2.40. The number of hydrogen-bond donors (Lipinski definition) is 2. The molecule has 1 unspecified atom stereocenters. The van der Waals surface area contributed by atoms with Gasteiger partial charge in [-0.25, -0.2) is 0 Å². The van der Waals surface area contributed by atoms with Gasteiger partial charge in [0, 0.05) is 12.6 Å². The Morgan fingerprint density at radius 1 is 1.38 bits per heavy atom. The smallest absolute Gasteiger partial charge is 0.227 e. The normalized spacial score (nSPS) is 30.8. The average Bonchev–Trinajstić information content (AvgIpc) is 2.44. The zero-order valence-electron chi connectivity index (χ0n) is 10.5. The van der Waals surface area contributed by atoms with Gasteiger partial charge in [0.1, 0.15) is 0 Å². The molecular formula is C13H24N2O. The zero-order valence-corrected chi connectivity index (χ0v) is 10.5. The van der Waals surface area contributed by atoms with Crippen LogP contribution in [0.5, 0.6) is 0 Å². The predicted octanol–water partition coefficient (Wildman–Crippen LogP) is 1.81. The highest BCUT2D eigenvalue weighted by atomic mass is 16.2. The van der Waals surface area contributed by atoms with E-state index in [1.807, 2.05) is 0 Å². The third-order valence-electron chi connectivity index (χ3n) is 4.49. The number of carbonyl (C=O) groups excluding carboxylic acids is 1. The maximum Gasteiger partial charge on any atom is 0.227 e. The van der Waals surface area contributed by atoms with Gasteiger partial charge in [0.25, 0.3) is 0 Å². The van der Waals surface area contributed by atoms with E-state index in [9.17, 15) is 4.79 Å². The Morgan fingerprint density at radius 2 is 2.06 bits per heavy atom. The average molecular weight is 224 g/mol. The van der Waals surface area contributed by atoms with Crippen molar-refractivity contribution in [1.82, 2.24) is 5.32 Å². The maximum atomic E-state index is 12.2. The summed E-state index contributed by atoms with van der Waals surface area (Å²) in [6.07, 6.45) is 6.56. The summed E-state index contributed by atoms with van der Waals surface area (Å²) in [5.74, 6) is 0.212. The molecule has 92 valence electrons. The van der Waals surface area contributed by atoms with E-state index in [0.29, 0.717) is 18.0 Å². The Balaban J connectivity index is 1.88. The Labute approximate surface area is 98.2 Å². The van der Waals surface area contributed by atoms with Gasteiger partial charge in [0.05, 0.1) is 5.41 Å². The summed E-state index contributed by atoms with van der Waals surface area (Å²) in [4.78, 5) is 12.2. The summed E-state index contributed by atoms with van der Waals surface area (Å²) in [7, 11) is 0. The molecule has 0 radical (unpaired) electrons. The van der Waals surface area contributed by atoms with Crippen molar-refractivity contribution in [2.45, 2.75) is 58.4 Å². The van der Waals surface area contributed by atoms with E-state index in [2.05, 4.69) is 19.2 Å². The van der Waals surface area contributed by atoms with Crippen molar-refractivity contribution in [2.75, 3.05) is 6.54 Å². The molecule has 2 rings (SSSR count). The molecule has 0 spiro atoms. The van der Waals surface area contributed by atoms with Crippen LogP contribution in [0.4, 0.5) is 0 Å². The second-order valence-corrected chi connectivity index (χ2v) is 6.42. The molecule has 0 heterocycles. The van der Waals surface area contributed by atoms with E-state index in [1.165, 1.54) is 6.42 Å². The van der Waals surface area contributed by atoms with Gasteiger partial charge in [0.15, 0.2) is 0 Å². The molecule has 0 aromatic carbocycles. The molecule has 2 saturated carbocycles. The second kappa shape index (κ2) is 4.02. The van der Waals surface area contributed by atoms with E-state index < -0.39 is 0 Å². The molecule has 2 aliphatic carbocycles. The van der Waals surface area contributed by atoms with Crippen LogP contribution in [0.1, 0.15) is 52.4 Å². The van der Waals surface area contributed by atoms with Crippen molar-refractivity contribution in [3.63, 3.8) is 0 Å². The van der Waals surface area contributed by atoms with Crippen molar-refractivity contribution in [1.29, 1.82) is 0 Å². The molecule has 0 aromatic rings. The zero-order chi connectivity index (χ0) is 11.8. The maximum absolute atomic E-state index is 12.2. The topological polar surface area (TPSA) is 55.1 Å². The molecule has 2 fully saturated rings. The van der Waals surface area contributed by atoms with Gasteiger partial charge in [-0.15, -0.1) is 0 Å². The molecule has 0 aromatic heterocycles. The number of rotatable bonds is 3. The van der Waals surface area contributed by atoms with Gasteiger partial charge in [-0.3, -0.25) is 4.79 Å². The van der Waals surface area contributed by atoms with E-state index in [0.717, 1.165) is 32.1 Å². The lowest BCUT2D eigenvalue weighted by molar-refractivity contribution is -0.135. The molecule has 16 heavy (non-hydrogen) atoms. The molecule has 3 N–H and O–H groups in total. The van der Waals surface area contributed by atoms with Gasteiger partial charge in [-0.2, -0.15) is 0 Å². The SMILES string of the molecule is CC1(C)CCC(NC(=O)C2(CN)CCC2)C1. The monoisotopic (exact) mass is 224 g/mol. The highest BCUT2D eigenvalue weighted by Crippen LogP contribution is 2.42. The van der Waals surface area contributed by atoms with Gasteiger partial charge in [-0.1, -0.05) is 20.3 Å². The number of carbonyl (C=O) groups is 1. The molecule has 3 nitrogen and oxygen atoms in total. The third kappa shape index (κ3) is 2.10. The second-order valence-electron chi connectivity index (χ2n) is 6.42. The number of hydrogen-bond acceptors (Lipinski definition) is 2. The fourth-order valence-electron chi connectivity index (χ4n) is 3.03. The molecule has 3 heteroatoms. The molecule has 0 saturated heterocycles. The van der Waals surface area contributed by atoms with Crippen LogP contribution in [0.2, 0.25) is 0 Å². The summed E-state index contributed by atoms with van der Waals surface area (Å²) in [5.41, 5.74) is 5.92. The first-order valence-corrected chi connectivity index (χ1v) is 6.49. The van der Waals surface area contributed by atoms with Crippen LogP contribution >= 0.6 is 0 Å². The standard InChI is InChI=1S/C13H24N2O/c1-12(2)7-4-10(8-12)15-11(16)13(9-14)5-3-6-13/h10H,3-9,14H2,1-2H3,(H,15,16). The fraction of sp³-hybridized carbons (Fsp3) is 0.923. The summed E-state index contributed by atoms with van der Waals surface area (Å²) < 4.78 is 0. The Hall–Kier alpha value is -0.570. The van der Waals surface area contributed by atoms with Crippen molar-refractivity contribution in [2.24, 2.45) is 16.6 Å². The van der Waals surface area contributed by atoms with Gasteiger partial charge >= 0.3 is 0 Å². The lowest BCUT2D eigenvalue weighted by atomic mass is 9.68. The van der Waals surface area contributed by atoms with Crippen molar-refractivity contribution in [3.8, 4) is 0 Å². The lowest BCUT2D eigenvalue weighted by Crippen LogP contribution is -2.52. The van der Waals surface area contributed by atoms with Crippen LogP contribution in [0, 0.1) is 10.8 Å². The molecule has 0 aliphatic heterocycles. The minimum absolute atomic E-state index is 0.212. The summed E-state index contributed by atoms with van der Waals surface area (Å²) in [5, 5.41) is 3.21. The summed E-state index contributed by atoms with van der Waals surface area (Å²) in [6.45, 7) is 5.07. The van der Waals surface area contributed by atoms with Crippen molar-refractivity contribution in [3.05, 3.63) is 0 Å². The highest BCUT2D eigenvalue weighted by molar-refractivity contribution is 5.84. The predicted molar refractivity (Wildman–Crippen MR) is 64.9 cm³/mol. The van der Waals surface area contributed by atoms with E-state index in [1.54, 1.807) is 0 Å². The van der Waals surface area contributed by atoms with Crippen LogP contribution < -0.4 is 11.1 Å². The van der Waals surface area contributed by atoms with Crippen LogP contribution in [-0.4, -0.2) is 18.5 Å². The Kier molecular flexibility index (Phi) is 2.99. The molecule has 2 aliphatic rings. The largest absolute Gasteiger partial charge is 0.353 e. The quantitative estimate of drug-likeness (QED) is 0.768. The Morgan fingerprint density at radius 3 is 2.44 bits per heavy atom. The van der Waals surface area contributed by atoms with Gasteiger partial charge in [-0.05, 0) is 37.5 Å². The highest BCUT2D eigenvalue weighted by Gasteiger charge is 2.44. The molecular weight excluding hydrogens is 200 g/mol. The van der Waals surface area contributed by atoms with E-state index >= 15 is 0 Å². The van der Waals surface area contributed by atoms with Crippen LogP contribution in [-0.2, 0) is 4.79 Å². The molecule has 1 atom stereocenters. The number of amides is 1. The van der Waals surface area contributed by atoms with Crippen LogP contribution in [0.15, 0.2) is 0 Å². The third-order valence-corrected chi connectivity index (χ3v) is 4.49. The van der Waals surface area contributed by atoms with Gasteiger partial charge in [0.2, 0.25) is 5.91 Å². The first-order chi connectivity index (χ1) is 7.47. The summed E-state index contributed by atoms with van der Waals surface area (Å²) >= 11 is 0. The summed E-state index contributed by atoms with van der Waals surface area (Å²) in [6, 6.07) is 0.381. The van der Waals surface area contributed by atoms with Crippen molar-refractivity contribution >= 4 is 5.91 Å². The molecule has 1 amide bonds. The van der Waals surface area contributed by atoms with Crippen molar-refractivity contribution < 1.29 is 4.79 Å². The number of nitrogens with two attached hydrogens (primary N) is 1. The van der Waals surface area contributed by atoms with E-state index in [4.69, 9.17) is 5.73 Å². The minimum Gasteiger partial charge on any atom is -0.353 e. The fourth-order valence-corrected chi connectivity index (χ4v) is 3.03. The minimum atomic E-state index is -0.216. The molecule has 0 bridgehead atoms. The first kappa shape index (κ1) is 11.9. The Bertz CT molecular complexity index is 276. The van der Waals surface area contributed by atoms with Gasteiger partial charge < -0.3 is 11.1 Å². The first-order valence-electron chi connectivity index (χ1n) is 6.49. The van der Waals surface area contributed by atoms with Crippen LogP contribution in [0.3, 0.4) is 0 Å². The van der Waals surface area contributed by atoms with Crippen LogP contribution in [0.25, 0.3) is 0 Å². The van der Waals surface area contributed by atoms with E-state index in [-0.39, 0.29) is 11.3 Å². The number of nitrogens with one attached hydrogen (secondary N) is 1.